The number of esters is 1. The van der Waals surface area contributed by atoms with Gasteiger partial charge in [0.05, 0.1) is 12.0 Å². The first-order chi connectivity index (χ1) is 8.26. The quantitative estimate of drug-likeness (QED) is 0.841. The summed E-state index contributed by atoms with van der Waals surface area (Å²) in [5.41, 5.74) is -0.572. The second-order valence-electron chi connectivity index (χ2n) is 4.06. The van der Waals surface area contributed by atoms with Crippen LogP contribution in [0.5, 0.6) is 0 Å². The zero-order valence-electron chi connectivity index (χ0n) is 9.27. The van der Waals surface area contributed by atoms with E-state index in [2.05, 4.69) is 15.2 Å². The fourth-order valence-corrected chi connectivity index (χ4v) is 2.51. The lowest BCUT2D eigenvalue weighted by Crippen LogP contribution is -2.23. The Bertz CT molecular complexity index is 543. The summed E-state index contributed by atoms with van der Waals surface area (Å²) >= 11 is 1.57. The van der Waals surface area contributed by atoms with E-state index in [9.17, 15) is 4.79 Å². The predicted octanol–water partition coefficient (Wildman–Crippen LogP) is 1.74. The first-order valence-corrected chi connectivity index (χ1v) is 6.19. The number of ether oxygens (including phenoxy) is 1. The molecular weight excluding hydrogens is 238 g/mol. The summed E-state index contributed by atoms with van der Waals surface area (Å²) in [5, 5.41) is 8.98. The van der Waals surface area contributed by atoms with Crippen LogP contribution in [-0.4, -0.2) is 28.3 Å². The van der Waals surface area contributed by atoms with Crippen molar-refractivity contribution in [2.45, 2.75) is 18.3 Å². The minimum absolute atomic E-state index is 0.230. The van der Waals surface area contributed by atoms with Gasteiger partial charge in [-0.1, -0.05) is 6.07 Å². The van der Waals surface area contributed by atoms with Gasteiger partial charge in [0.2, 0.25) is 0 Å². The third-order valence-electron chi connectivity index (χ3n) is 3.01. The standard InChI is InChI=1S/C11H11N3O2S/c1-16-10(15)11(4-5-11)9-12-8(13-14-9)7-3-2-6-17-7/h2-3,6H,4-5H2,1H3,(H,12,13,14). The van der Waals surface area contributed by atoms with Crippen molar-refractivity contribution in [3.63, 3.8) is 0 Å². The number of aromatic nitrogens is 3. The van der Waals surface area contributed by atoms with E-state index >= 15 is 0 Å². The zero-order chi connectivity index (χ0) is 11.9. The molecule has 0 aromatic carbocycles. The topological polar surface area (TPSA) is 67.9 Å². The summed E-state index contributed by atoms with van der Waals surface area (Å²) < 4.78 is 4.81. The molecule has 1 aliphatic carbocycles. The molecule has 88 valence electrons. The van der Waals surface area contributed by atoms with Crippen LogP contribution in [0.2, 0.25) is 0 Å². The number of H-pyrrole nitrogens is 1. The van der Waals surface area contributed by atoms with Gasteiger partial charge < -0.3 is 4.74 Å². The smallest absolute Gasteiger partial charge is 0.319 e. The molecule has 5 nitrogen and oxygen atoms in total. The first-order valence-electron chi connectivity index (χ1n) is 5.31. The highest BCUT2D eigenvalue weighted by molar-refractivity contribution is 7.13. The molecule has 0 unspecified atom stereocenters. The Morgan fingerprint density at radius 2 is 2.41 bits per heavy atom. The zero-order valence-corrected chi connectivity index (χ0v) is 10.1. The van der Waals surface area contributed by atoms with E-state index in [0.29, 0.717) is 11.6 Å². The summed E-state index contributed by atoms with van der Waals surface area (Å²) in [5.74, 6) is 1.03. The van der Waals surface area contributed by atoms with Crippen molar-refractivity contribution < 1.29 is 9.53 Å². The number of hydrogen-bond acceptors (Lipinski definition) is 5. The predicted molar refractivity (Wildman–Crippen MR) is 62.6 cm³/mol. The fourth-order valence-electron chi connectivity index (χ4n) is 1.85. The molecule has 0 amide bonds. The van der Waals surface area contributed by atoms with E-state index in [4.69, 9.17) is 4.74 Å². The SMILES string of the molecule is COC(=O)C1(c2nc(-c3cccs3)n[nH]2)CC1. The van der Waals surface area contributed by atoms with Crippen molar-refractivity contribution in [3.8, 4) is 10.7 Å². The molecule has 2 aromatic rings. The van der Waals surface area contributed by atoms with Crippen LogP contribution < -0.4 is 0 Å². The Balaban J connectivity index is 1.94. The Hall–Kier alpha value is -1.69. The third-order valence-corrected chi connectivity index (χ3v) is 3.87. The summed E-state index contributed by atoms with van der Waals surface area (Å²) in [6.45, 7) is 0. The molecule has 0 spiro atoms. The lowest BCUT2D eigenvalue weighted by molar-refractivity contribution is -0.143. The molecule has 0 aliphatic heterocycles. The van der Waals surface area contributed by atoms with Gasteiger partial charge in [-0.3, -0.25) is 9.89 Å². The van der Waals surface area contributed by atoms with E-state index in [-0.39, 0.29) is 5.97 Å². The molecule has 2 heterocycles. The number of carbonyl (C=O) groups is 1. The van der Waals surface area contributed by atoms with Gasteiger partial charge in [0.15, 0.2) is 5.82 Å². The van der Waals surface area contributed by atoms with Crippen LogP contribution in [0.4, 0.5) is 0 Å². The van der Waals surface area contributed by atoms with E-state index in [0.717, 1.165) is 17.7 Å². The summed E-state index contributed by atoms with van der Waals surface area (Å²) in [6, 6.07) is 3.90. The van der Waals surface area contributed by atoms with Gasteiger partial charge in [-0.25, -0.2) is 4.98 Å². The highest BCUT2D eigenvalue weighted by atomic mass is 32.1. The molecule has 1 saturated carbocycles. The monoisotopic (exact) mass is 249 g/mol. The maximum Gasteiger partial charge on any atom is 0.319 e. The van der Waals surface area contributed by atoms with Gasteiger partial charge in [0.25, 0.3) is 0 Å². The first kappa shape index (κ1) is 10.5. The maximum absolute atomic E-state index is 11.7. The molecule has 3 rings (SSSR count). The lowest BCUT2D eigenvalue weighted by atomic mass is 10.1. The second kappa shape index (κ2) is 3.66. The third kappa shape index (κ3) is 1.56. The van der Waals surface area contributed by atoms with Gasteiger partial charge in [-0.2, -0.15) is 5.10 Å². The maximum atomic E-state index is 11.7. The molecule has 0 atom stereocenters. The van der Waals surface area contributed by atoms with E-state index in [1.807, 2.05) is 17.5 Å². The van der Waals surface area contributed by atoms with Crippen LogP contribution in [0.25, 0.3) is 10.7 Å². The van der Waals surface area contributed by atoms with Crippen molar-refractivity contribution in [3.05, 3.63) is 23.3 Å². The highest BCUT2D eigenvalue weighted by Gasteiger charge is 2.55. The van der Waals surface area contributed by atoms with Crippen LogP contribution in [0.3, 0.4) is 0 Å². The van der Waals surface area contributed by atoms with Crippen LogP contribution in [0, 0.1) is 0 Å². The van der Waals surface area contributed by atoms with Crippen LogP contribution in [0.1, 0.15) is 18.7 Å². The average Bonchev–Trinajstić information content (AvgIpc) is 2.84. The number of thiophene rings is 1. The summed E-state index contributed by atoms with van der Waals surface area (Å²) in [7, 11) is 1.40. The number of nitrogens with zero attached hydrogens (tertiary/aromatic N) is 2. The molecule has 17 heavy (non-hydrogen) atoms. The Morgan fingerprint density at radius 3 is 3.00 bits per heavy atom. The Kier molecular flexibility index (Phi) is 2.25. The summed E-state index contributed by atoms with van der Waals surface area (Å²) in [4.78, 5) is 17.1. The van der Waals surface area contributed by atoms with Crippen molar-refractivity contribution in [2.75, 3.05) is 7.11 Å². The number of carbonyl (C=O) groups excluding carboxylic acids is 1. The molecular formula is C11H11N3O2S. The largest absolute Gasteiger partial charge is 0.468 e. The number of nitrogens with one attached hydrogen (secondary N) is 1. The van der Waals surface area contributed by atoms with Gasteiger partial charge in [-0.05, 0) is 24.3 Å². The van der Waals surface area contributed by atoms with Gasteiger partial charge in [0.1, 0.15) is 11.2 Å². The lowest BCUT2D eigenvalue weighted by Gasteiger charge is -2.07. The molecule has 1 fully saturated rings. The number of aromatic amines is 1. The van der Waals surface area contributed by atoms with Crippen LogP contribution >= 0.6 is 11.3 Å². The van der Waals surface area contributed by atoms with Crippen molar-refractivity contribution >= 4 is 17.3 Å². The van der Waals surface area contributed by atoms with Crippen molar-refractivity contribution in [1.29, 1.82) is 0 Å². The molecule has 1 N–H and O–H groups in total. The Morgan fingerprint density at radius 1 is 1.59 bits per heavy atom. The van der Waals surface area contributed by atoms with E-state index < -0.39 is 5.41 Å². The molecule has 0 saturated heterocycles. The molecule has 0 bridgehead atoms. The average molecular weight is 249 g/mol. The Labute approximate surface area is 102 Å². The van der Waals surface area contributed by atoms with Gasteiger partial charge in [0, 0.05) is 0 Å². The van der Waals surface area contributed by atoms with Crippen LogP contribution in [-0.2, 0) is 14.9 Å². The van der Waals surface area contributed by atoms with Gasteiger partial charge in [-0.15, -0.1) is 11.3 Å². The summed E-state index contributed by atoms with van der Waals surface area (Å²) in [6.07, 6.45) is 1.55. The molecule has 0 radical (unpaired) electrons. The molecule has 6 heteroatoms. The molecule has 2 aromatic heterocycles. The normalized spacial score (nSPS) is 16.8. The number of hydrogen-bond donors (Lipinski definition) is 1. The number of methoxy groups -OCH3 is 1. The van der Waals surface area contributed by atoms with Crippen molar-refractivity contribution in [1.82, 2.24) is 15.2 Å². The minimum Gasteiger partial charge on any atom is -0.468 e. The van der Waals surface area contributed by atoms with Crippen molar-refractivity contribution in [2.24, 2.45) is 0 Å². The van der Waals surface area contributed by atoms with E-state index in [1.54, 1.807) is 11.3 Å². The van der Waals surface area contributed by atoms with Gasteiger partial charge >= 0.3 is 5.97 Å². The molecule has 1 aliphatic rings. The highest BCUT2D eigenvalue weighted by Crippen LogP contribution is 2.47. The fraction of sp³-hybridized carbons (Fsp3) is 0.364. The second-order valence-corrected chi connectivity index (χ2v) is 5.01. The van der Waals surface area contributed by atoms with Crippen LogP contribution in [0.15, 0.2) is 17.5 Å². The van der Waals surface area contributed by atoms with E-state index in [1.165, 1.54) is 7.11 Å². The minimum atomic E-state index is -0.572. The number of rotatable bonds is 3.